The third-order valence-electron chi connectivity index (χ3n) is 5.16. The van der Waals surface area contributed by atoms with Crippen molar-refractivity contribution >= 4 is 38.9 Å². The number of hydrogen-bond acceptors (Lipinski definition) is 4. The molecule has 0 radical (unpaired) electrons. The topological polar surface area (TPSA) is 58.6 Å². The van der Waals surface area contributed by atoms with Gasteiger partial charge in [-0.1, -0.05) is 36.4 Å². The highest BCUT2D eigenvalue weighted by Crippen LogP contribution is 2.34. The first-order chi connectivity index (χ1) is 15.9. The van der Waals surface area contributed by atoms with Crippen LogP contribution in [0.3, 0.4) is 0 Å². The Kier molecular flexibility index (Phi) is 6.70. The van der Waals surface area contributed by atoms with E-state index in [1.165, 1.54) is 22.3 Å². The average Bonchev–Trinajstić information content (AvgIpc) is 3.19. The lowest BCUT2D eigenvalue weighted by Crippen LogP contribution is -2.23. The number of thiophene rings is 1. The van der Waals surface area contributed by atoms with Gasteiger partial charge in [-0.25, -0.2) is 4.39 Å². The Balaban J connectivity index is 1.57. The Morgan fingerprint density at radius 3 is 2.39 bits per heavy atom. The van der Waals surface area contributed by atoms with Gasteiger partial charge in [-0.15, -0.1) is 11.3 Å². The number of ether oxygens (including phenoxy) is 1. The Hall–Kier alpha value is -3.71. The maximum Gasteiger partial charge on any atom is 0.266 e. The molecule has 0 atom stereocenters. The zero-order valence-electron chi connectivity index (χ0n) is 18.3. The lowest BCUT2D eigenvalue weighted by Gasteiger charge is -2.11. The summed E-state index contributed by atoms with van der Waals surface area (Å²) in [5, 5.41) is 3.28. The number of likely N-dealkylation sites (N-methyl/N-ethyl adjacent to an activating group) is 1. The van der Waals surface area contributed by atoms with Crippen molar-refractivity contribution in [3.8, 4) is 5.75 Å². The van der Waals surface area contributed by atoms with Crippen LogP contribution in [-0.4, -0.2) is 30.8 Å². The molecule has 0 aliphatic carbocycles. The van der Waals surface area contributed by atoms with Crippen molar-refractivity contribution in [1.29, 1.82) is 0 Å². The van der Waals surface area contributed by atoms with Crippen LogP contribution < -0.4 is 10.1 Å². The van der Waals surface area contributed by atoms with Crippen molar-refractivity contribution in [2.24, 2.45) is 0 Å². The minimum absolute atomic E-state index is 0.00199. The van der Waals surface area contributed by atoms with Gasteiger partial charge in [0.2, 0.25) is 5.91 Å². The molecule has 33 heavy (non-hydrogen) atoms. The molecule has 0 aliphatic rings. The number of carbonyl (C=O) groups is 2. The third kappa shape index (κ3) is 5.21. The predicted molar refractivity (Wildman–Crippen MR) is 129 cm³/mol. The zero-order valence-corrected chi connectivity index (χ0v) is 19.1. The van der Waals surface area contributed by atoms with E-state index in [9.17, 15) is 14.0 Å². The highest BCUT2D eigenvalue weighted by Gasteiger charge is 2.21. The number of hydrogen-bond donors (Lipinski definition) is 1. The largest absolute Gasteiger partial charge is 0.489 e. The molecule has 0 aliphatic heterocycles. The molecule has 1 heterocycles. The summed E-state index contributed by atoms with van der Waals surface area (Å²) in [6.07, 6.45) is 0.289. The molecule has 0 fully saturated rings. The molecule has 4 rings (SSSR count). The second-order valence-electron chi connectivity index (χ2n) is 7.74. The van der Waals surface area contributed by atoms with Gasteiger partial charge in [0.15, 0.2) is 0 Å². The van der Waals surface area contributed by atoms with Gasteiger partial charge >= 0.3 is 0 Å². The normalized spacial score (nSPS) is 10.8. The van der Waals surface area contributed by atoms with E-state index < -0.39 is 0 Å². The lowest BCUT2D eigenvalue weighted by molar-refractivity contribution is -0.127. The van der Waals surface area contributed by atoms with E-state index in [0.29, 0.717) is 32.0 Å². The van der Waals surface area contributed by atoms with Crippen LogP contribution in [0.5, 0.6) is 5.75 Å². The molecular weight excluding hydrogens is 439 g/mol. The van der Waals surface area contributed by atoms with Gasteiger partial charge in [0.25, 0.3) is 5.91 Å². The van der Waals surface area contributed by atoms with Crippen molar-refractivity contribution in [1.82, 2.24) is 4.90 Å². The predicted octanol–water partition coefficient (Wildman–Crippen LogP) is 5.50. The van der Waals surface area contributed by atoms with Gasteiger partial charge in [0.05, 0.1) is 6.42 Å². The second kappa shape index (κ2) is 9.83. The van der Waals surface area contributed by atoms with E-state index in [4.69, 9.17) is 4.74 Å². The van der Waals surface area contributed by atoms with E-state index >= 15 is 0 Å². The number of amides is 2. The van der Waals surface area contributed by atoms with Crippen molar-refractivity contribution in [3.05, 3.63) is 94.6 Å². The van der Waals surface area contributed by atoms with Crippen LogP contribution in [0.25, 0.3) is 10.1 Å². The first kappa shape index (κ1) is 22.5. The van der Waals surface area contributed by atoms with Crippen LogP contribution in [0.2, 0.25) is 0 Å². The van der Waals surface area contributed by atoms with E-state index in [1.807, 2.05) is 30.3 Å². The van der Waals surface area contributed by atoms with E-state index in [0.717, 1.165) is 5.56 Å². The summed E-state index contributed by atoms with van der Waals surface area (Å²) >= 11 is 1.23. The Morgan fingerprint density at radius 2 is 1.70 bits per heavy atom. The van der Waals surface area contributed by atoms with Crippen LogP contribution in [0.4, 0.5) is 10.1 Å². The molecule has 4 aromatic rings. The quantitative estimate of drug-likeness (QED) is 0.394. The summed E-state index contributed by atoms with van der Waals surface area (Å²) in [6.45, 7) is 0.0687. The second-order valence-corrected chi connectivity index (χ2v) is 8.79. The van der Waals surface area contributed by atoms with Crippen LogP contribution in [0.15, 0.2) is 72.8 Å². The Labute approximate surface area is 195 Å². The smallest absolute Gasteiger partial charge is 0.266 e. The molecule has 2 amide bonds. The molecule has 1 N–H and O–H groups in total. The Bertz CT molecular complexity index is 1280. The molecule has 3 aromatic carbocycles. The van der Waals surface area contributed by atoms with Gasteiger partial charge in [0.1, 0.15) is 23.1 Å². The monoisotopic (exact) mass is 462 g/mol. The summed E-state index contributed by atoms with van der Waals surface area (Å²) in [4.78, 5) is 27.0. The maximum absolute atomic E-state index is 14.7. The van der Waals surface area contributed by atoms with E-state index in [-0.39, 0.29) is 30.7 Å². The number of anilines is 1. The van der Waals surface area contributed by atoms with Gasteiger partial charge in [-0.3, -0.25) is 9.59 Å². The molecule has 0 saturated carbocycles. The molecule has 0 unspecified atom stereocenters. The minimum atomic E-state index is -0.385. The van der Waals surface area contributed by atoms with Crippen molar-refractivity contribution in [3.63, 3.8) is 0 Å². The SMILES string of the molecule is CN(C)C(=O)Cc1ccc(NC(=O)c2sc3cccc(F)c3c2COc2ccccc2)cc1. The molecule has 1 aromatic heterocycles. The number of rotatable bonds is 7. The number of para-hydroxylation sites is 1. The third-order valence-corrected chi connectivity index (χ3v) is 6.36. The first-order valence-electron chi connectivity index (χ1n) is 10.4. The average molecular weight is 463 g/mol. The number of fused-ring (bicyclic) bond motifs is 1. The summed E-state index contributed by atoms with van der Waals surface area (Å²) in [7, 11) is 3.42. The Morgan fingerprint density at radius 1 is 0.970 bits per heavy atom. The molecule has 0 saturated heterocycles. The first-order valence-corrected chi connectivity index (χ1v) is 11.2. The number of nitrogens with zero attached hydrogens (tertiary/aromatic N) is 1. The van der Waals surface area contributed by atoms with Gasteiger partial charge in [-0.05, 0) is 42.0 Å². The van der Waals surface area contributed by atoms with Gasteiger partial charge in [0, 0.05) is 35.4 Å². The zero-order chi connectivity index (χ0) is 23.4. The van der Waals surface area contributed by atoms with Crippen molar-refractivity contribution in [2.75, 3.05) is 19.4 Å². The molecule has 0 spiro atoms. The standard InChI is InChI=1S/C26H23FN2O3S/c1-29(2)23(30)15-17-11-13-18(14-12-17)28-26(31)25-20(16-32-19-7-4-3-5-8-19)24-21(27)9-6-10-22(24)33-25/h3-14H,15-16H2,1-2H3,(H,28,31). The molecule has 0 bridgehead atoms. The molecular formula is C26H23FN2O3S. The molecule has 7 heteroatoms. The summed E-state index contributed by atoms with van der Waals surface area (Å²) in [5.41, 5.74) is 1.96. The highest BCUT2D eigenvalue weighted by molar-refractivity contribution is 7.21. The minimum Gasteiger partial charge on any atom is -0.489 e. The summed E-state index contributed by atoms with van der Waals surface area (Å²) in [5.74, 6) is -0.0756. The van der Waals surface area contributed by atoms with E-state index in [1.54, 1.807) is 50.5 Å². The number of carbonyl (C=O) groups excluding carboxylic acids is 2. The summed E-state index contributed by atoms with van der Waals surface area (Å²) < 4.78 is 21.2. The van der Waals surface area contributed by atoms with Crippen LogP contribution >= 0.6 is 11.3 Å². The highest BCUT2D eigenvalue weighted by atomic mass is 32.1. The van der Waals surface area contributed by atoms with E-state index in [2.05, 4.69) is 5.32 Å². The van der Waals surface area contributed by atoms with Gasteiger partial charge < -0.3 is 15.0 Å². The number of halogens is 1. The van der Waals surface area contributed by atoms with Crippen LogP contribution in [0, 0.1) is 5.82 Å². The van der Waals surface area contributed by atoms with Crippen molar-refractivity contribution < 1.29 is 18.7 Å². The van der Waals surface area contributed by atoms with Crippen LogP contribution in [0.1, 0.15) is 20.8 Å². The summed E-state index contributed by atoms with van der Waals surface area (Å²) in [6, 6.07) is 21.1. The fraction of sp³-hybridized carbons (Fsp3) is 0.154. The number of nitrogens with one attached hydrogen (secondary N) is 1. The van der Waals surface area contributed by atoms with Crippen molar-refractivity contribution in [2.45, 2.75) is 13.0 Å². The maximum atomic E-state index is 14.7. The fourth-order valence-electron chi connectivity index (χ4n) is 3.39. The molecule has 168 valence electrons. The van der Waals surface area contributed by atoms with Crippen LogP contribution in [-0.2, 0) is 17.8 Å². The lowest BCUT2D eigenvalue weighted by atomic mass is 10.1. The van der Waals surface area contributed by atoms with Gasteiger partial charge in [-0.2, -0.15) is 0 Å². The molecule has 5 nitrogen and oxygen atoms in total. The fourth-order valence-corrected chi connectivity index (χ4v) is 4.50. The number of benzene rings is 3.